The first-order valence-electron chi connectivity index (χ1n) is 20.4. The molecular weight excluding hydrogens is 642 g/mol. The van der Waals surface area contributed by atoms with Crippen molar-refractivity contribution >= 4 is 5.91 Å². The average Bonchev–Trinajstić information content (AvgIpc) is 3.11. The van der Waals surface area contributed by atoms with E-state index < -0.39 is 74.2 Å². The van der Waals surface area contributed by atoms with Crippen molar-refractivity contribution in [1.29, 1.82) is 0 Å². The van der Waals surface area contributed by atoms with E-state index in [-0.39, 0.29) is 6.42 Å². The maximum Gasteiger partial charge on any atom is 0.249 e. The highest BCUT2D eigenvalue weighted by atomic mass is 16.7. The molecule has 11 nitrogen and oxygen atoms in total. The Labute approximate surface area is 303 Å². The van der Waals surface area contributed by atoms with E-state index in [9.17, 15) is 40.5 Å². The van der Waals surface area contributed by atoms with Crippen LogP contribution in [0.5, 0.6) is 0 Å². The van der Waals surface area contributed by atoms with Crippen LogP contribution in [0.4, 0.5) is 0 Å². The van der Waals surface area contributed by atoms with Crippen LogP contribution in [0.25, 0.3) is 0 Å². The molecule has 1 heterocycles. The molecule has 1 fully saturated rings. The zero-order valence-electron chi connectivity index (χ0n) is 31.6. The standard InChI is InChI=1S/C39H77NO10/c1-3-5-7-9-11-13-15-17-19-21-23-25-27-32(43)38(48)40-30(29-49-39-37(47)36(46)35(45)33(28-41)50-39)34(44)31(42)26-24-22-20-18-16-14-12-10-8-6-4-2/h30-37,39,41-47H,3-29H2,1-2H3,(H,40,48). The van der Waals surface area contributed by atoms with E-state index >= 15 is 0 Å². The topological polar surface area (TPSA) is 189 Å². The molecule has 0 aromatic heterocycles. The Bertz CT molecular complexity index is 790. The molecule has 1 aliphatic heterocycles. The van der Waals surface area contributed by atoms with Crippen LogP contribution in [0.2, 0.25) is 0 Å². The van der Waals surface area contributed by atoms with Crippen LogP contribution in [0.15, 0.2) is 0 Å². The smallest absolute Gasteiger partial charge is 0.249 e. The average molecular weight is 720 g/mol. The first-order valence-corrected chi connectivity index (χ1v) is 20.4. The van der Waals surface area contributed by atoms with E-state index in [0.29, 0.717) is 19.3 Å². The lowest BCUT2D eigenvalue weighted by atomic mass is 9.98. The minimum absolute atomic E-state index is 0.265. The van der Waals surface area contributed by atoms with Crippen LogP contribution in [0.1, 0.15) is 174 Å². The van der Waals surface area contributed by atoms with Crippen molar-refractivity contribution in [3.63, 3.8) is 0 Å². The van der Waals surface area contributed by atoms with Gasteiger partial charge in [-0.15, -0.1) is 0 Å². The minimum atomic E-state index is -1.65. The summed E-state index contributed by atoms with van der Waals surface area (Å²) in [6, 6.07) is -1.16. The van der Waals surface area contributed by atoms with E-state index in [1.165, 1.54) is 96.3 Å². The molecule has 9 atom stereocenters. The van der Waals surface area contributed by atoms with Gasteiger partial charge in [-0.05, 0) is 12.8 Å². The van der Waals surface area contributed by atoms with Crippen LogP contribution in [-0.4, -0.2) is 110 Å². The van der Waals surface area contributed by atoms with Gasteiger partial charge in [0.2, 0.25) is 5.91 Å². The highest BCUT2D eigenvalue weighted by molar-refractivity contribution is 5.80. The Morgan fingerprint density at radius 3 is 1.48 bits per heavy atom. The van der Waals surface area contributed by atoms with Crippen molar-refractivity contribution in [2.24, 2.45) is 0 Å². The monoisotopic (exact) mass is 720 g/mol. The number of ether oxygens (including phenoxy) is 2. The van der Waals surface area contributed by atoms with Gasteiger partial charge in [0, 0.05) is 0 Å². The molecular formula is C39H77NO10. The Balaban J connectivity index is 2.54. The maximum atomic E-state index is 13.0. The SMILES string of the molecule is CCCCCCCCCCCCCCC(O)C(=O)NC(COC1OC(CO)C(O)C(O)C1O)C(O)C(O)CCCCCCCCCCCCC. The number of rotatable bonds is 33. The van der Waals surface area contributed by atoms with Crippen molar-refractivity contribution in [2.45, 2.75) is 229 Å². The molecule has 0 spiro atoms. The van der Waals surface area contributed by atoms with E-state index in [2.05, 4.69) is 19.2 Å². The van der Waals surface area contributed by atoms with Gasteiger partial charge < -0.3 is 50.5 Å². The Kier molecular flexibility index (Phi) is 28.8. The molecule has 1 amide bonds. The molecule has 0 radical (unpaired) electrons. The third-order valence-electron chi connectivity index (χ3n) is 10.2. The highest BCUT2D eigenvalue weighted by Crippen LogP contribution is 2.23. The predicted molar refractivity (Wildman–Crippen MR) is 196 cm³/mol. The Morgan fingerprint density at radius 2 is 1.04 bits per heavy atom. The molecule has 0 aromatic carbocycles. The van der Waals surface area contributed by atoms with Gasteiger partial charge >= 0.3 is 0 Å². The second-order valence-corrected chi connectivity index (χ2v) is 14.7. The van der Waals surface area contributed by atoms with Crippen molar-refractivity contribution in [3.8, 4) is 0 Å². The number of carbonyl (C=O) groups excluding carboxylic acids is 1. The van der Waals surface area contributed by atoms with Gasteiger partial charge in [-0.3, -0.25) is 4.79 Å². The fraction of sp³-hybridized carbons (Fsp3) is 0.974. The fourth-order valence-electron chi connectivity index (χ4n) is 6.67. The molecule has 1 saturated heterocycles. The molecule has 0 saturated carbocycles. The second-order valence-electron chi connectivity index (χ2n) is 14.7. The maximum absolute atomic E-state index is 13.0. The van der Waals surface area contributed by atoms with Crippen molar-refractivity contribution < 1.29 is 50.0 Å². The van der Waals surface area contributed by atoms with Gasteiger partial charge in [0.25, 0.3) is 0 Å². The molecule has 9 unspecified atom stereocenters. The van der Waals surface area contributed by atoms with Crippen LogP contribution in [0, 0.1) is 0 Å². The van der Waals surface area contributed by atoms with Crippen molar-refractivity contribution in [3.05, 3.63) is 0 Å². The van der Waals surface area contributed by atoms with Gasteiger partial charge in [-0.1, -0.05) is 162 Å². The number of amides is 1. The summed E-state index contributed by atoms with van der Waals surface area (Å²) in [7, 11) is 0. The summed E-state index contributed by atoms with van der Waals surface area (Å²) in [4.78, 5) is 13.0. The second kappa shape index (κ2) is 30.6. The predicted octanol–water partition coefficient (Wildman–Crippen LogP) is 5.16. The summed E-state index contributed by atoms with van der Waals surface area (Å²) in [6.45, 7) is 3.40. The number of carbonyl (C=O) groups is 1. The molecule has 298 valence electrons. The molecule has 8 N–H and O–H groups in total. The zero-order valence-corrected chi connectivity index (χ0v) is 31.6. The lowest BCUT2D eigenvalue weighted by molar-refractivity contribution is -0.303. The van der Waals surface area contributed by atoms with E-state index in [0.717, 1.165) is 38.5 Å². The molecule has 11 heteroatoms. The number of aliphatic hydroxyl groups excluding tert-OH is 7. The fourth-order valence-corrected chi connectivity index (χ4v) is 6.67. The number of hydrogen-bond acceptors (Lipinski definition) is 10. The number of aliphatic hydroxyl groups is 7. The Hall–Kier alpha value is -0.890. The summed E-state index contributed by atoms with van der Waals surface area (Å²) in [6.07, 6.45) is 15.9. The summed E-state index contributed by atoms with van der Waals surface area (Å²) in [5.41, 5.74) is 0. The van der Waals surface area contributed by atoms with Crippen LogP contribution in [-0.2, 0) is 14.3 Å². The molecule has 1 aliphatic rings. The van der Waals surface area contributed by atoms with Gasteiger partial charge in [0.15, 0.2) is 6.29 Å². The normalized spacial score (nSPS) is 23.4. The molecule has 0 bridgehead atoms. The first kappa shape index (κ1) is 47.1. The number of unbranched alkanes of at least 4 members (excludes halogenated alkanes) is 21. The lowest BCUT2D eigenvalue weighted by Crippen LogP contribution is -2.60. The van der Waals surface area contributed by atoms with Gasteiger partial charge in [-0.2, -0.15) is 0 Å². The Morgan fingerprint density at radius 1 is 0.620 bits per heavy atom. The summed E-state index contributed by atoms with van der Waals surface area (Å²) < 4.78 is 11.0. The van der Waals surface area contributed by atoms with Crippen LogP contribution < -0.4 is 5.32 Å². The number of hydrogen-bond donors (Lipinski definition) is 8. The summed E-state index contributed by atoms with van der Waals surface area (Å²) in [5, 5.41) is 75.2. The van der Waals surface area contributed by atoms with E-state index in [1.54, 1.807) is 0 Å². The zero-order chi connectivity index (χ0) is 37.0. The summed E-state index contributed by atoms with van der Waals surface area (Å²) >= 11 is 0. The van der Waals surface area contributed by atoms with Crippen LogP contribution in [0.3, 0.4) is 0 Å². The van der Waals surface area contributed by atoms with Crippen molar-refractivity contribution in [1.82, 2.24) is 5.32 Å². The molecule has 50 heavy (non-hydrogen) atoms. The van der Waals surface area contributed by atoms with Crippen molar-refractivity contribution in [2.75, 3.05) is 13.2 Å². The molecule has 0 aliphatic carbocycles. The van der Waals surface area contributed by atoms with E-state index in [4.69, 9.17) is 9.47 Å². The quantitative estimate of drug-likeness (QED) is 0.0421. The summed E-state index contributed by atoms with van der Waals surface area (Å²) in [5.74, 6) is -0.698. The first-order chi connectivity index (χ1) is 24.2. The van der Waals surface area contributed by atoms with Gasteiger partial charge in [0.05, 0.1) is 25.4 Å². The highest BCUT2D eigenvalue weighted by Gasteiger charge is 2.44. The lowest BCUT2D eigenvalue weighted by Gasteiger charge is -2.40. The van der Waals surface area contributed by atoms with E-state index in [1.807, 2.05) is 0 Å². The largest absolute Gasteiger partial charge is 0.394 e. The minimum Gasteiger partial charge on any atom is -0.394 e. The van der Waals surface area contributed by atoms with Crippen LogP contribution >= 0.6 is 0 Å². The third kappa shape index (κ3) is 21.0. The molecule has 0 aromatic rings. The molecule has 1 rings (SSSR count). The van der Waals surface area contributed by atoms with Gasteiger partial charge in [0.1, 0.15) is 36.6 Å². The van der Waals surface area contributed by atoms with Gasteiger partial charge in [-0.25, -0.2) is 0 Å². The number of nitrogens with one attached hydrogen (secondary N) is 1. The third-order valence-corrected chi connectivity index (χ3v) is 10.2.